The first-order chi connectivity index (χ1) is 12.0. The molecule has 4 rings (SSSR count). The predicted molar refractivity (Wildman–Crippen MR) is 87.5 cm³/mol. The van der Waals surface area contributed by atoms with Crippen molar-refractivity contribution in [2.24, 2.45) is 0 Å². The number of aromatic nitrogens is 2. The van der Waals surface area contributed by atoms with Crippen LogP contribution in [0, 0.1) is 0 Å². The van der Waals surface area contributed by atoms with Gasteiger partial charge in [0.25, 0.3) is 0 Å². The highest BCUT2D eigenvalue weighted by atomic mass is 32.1. The quantitative estimate of drug-likeness (QED) is 0.658. The lowest BCUT2D eigenvalue weighted by molar-refractivity contribution is -0.153. The maximum Gasteiger partial charge on any atom is 0.422 e. The highest BCUT2D eigenvalue weighted by Gasteiger charge is 2.29. The Morgan fingerprint density at radius 2 is 1.88 bits per heavy atom. The van der Waals surface area contributed by atoms with Gasteiger partial charge in [0.05, 0.1) is 5.39 Å². The molecule has 130 valence electrons. The van der Waals surface area contributed by atoms with E-state index in [0.29, 0.717) is 5.88 Å². The van der Waals surface area contributed by atoms with E-state index in [0.717, 1.165) is 29.5 Å². The Labute approximate surface area is 145 Å². The summed E-state index contributed by atoms with van der Waals surface area (Å²) in [7, 11) is 0. The Bertz CT molecular complexity index is 924. The van der Waals surface area contributed by atoms with Crippen molar-refractivity contribution >= 4 is 21.6 Å². The van der Waals surface area contributed by atoms with Crippen LogP contribution in [0.15, 0.2) is 30.6 Å². The molecule has 0 atom stereocenters. The molecule has 0 unspecified atom stereocenters. The highest BCUT2D eigenvalue weighted by Crippen LogP contribution is 2.42. The Hall–Kier alpha value is -2.35. The van der Waals surface area contributed by atoms with Gasteiger partial charge in [0.2, 0.25) is 5.88 Å². The number of halogens is 3. The Morgan fingerprint density at radius 3 is 2.68 bits per heavy atom. The van der Waals surface area contributed by atoms with Crippen LogP contribution >= 0.6 is 11.3 Å². The number of alkyl halides is 3. The largest absolute Gasteiger partial charge is 0.480 e. The fourth-order valence-electron chi connectivity index (χ4n) is 2.89. The molecule has 0 amide bonds. The third-order valence-corrected chi connectivity index (χ3v) is 5.11. The Morgan fingerprint density at radius 1 is 1.08 bits per heavy atom. The van der Waals surface area contributed by atoms with Crippen molar-refractivity contribution in [3.05, 3.63) is 41.0 Å². The Kier molecular flexibility index (Phi) is 3.99. The van der Waals surface area contributed by atoms with E-state index in [2.05, 4.69) is 9.97 Å². The molecule has 25 heavy (non-hydrogen) atoms. The summed E-state index contributed by atoms with van der Waals surface area (Å²) in [5, 5.41) is 0.852. The number of para-hydroxylation sites is 2. The second-order valence-electron chi connectivity index (χ2n) is 5.67. The van der Waals surface area contributed by atoms with E-state index >= 15 is 0 Å². The number of ether oxygens (including phenoxy) is 2. The van der Waals surface area contributed by atoms with Crippen molar-refractivity contribution in [1.29, 1.82) is 0 Å². The molecule has 0 bridgehead atoms. The van der Waals surface area contributed by atoms with E-state index in [9.17, 15) is 13.2 Å². The van der Waals surface area contributed by atoms with Gasteiger partial charge >= 0.3 is 6.18 Å². The third-order valence-electron chi connectivity index (χ3n) is 3.91. The molecular formula is C17H13F3N2O2S. The van der Waals surface area contributed by atoms with Crippen LogP contribution in [-0.4, -0.2) is 22.8 Å². The summed E-state index contributed by atoms with van der Waals surface area (Å²) >= 11 is 1.62. The summed E-state index contributed by atoms with van der Waals surface area (Å²) < 4.78 is 48.0. The van der Waals surface area contributed by atoms with Crippen molar-refractivity contribution in [3.8, 4) is 17.4 Å². The van der Waals surface area contributed by atoms with E-state index in [1.165, 1.54) is 22.8 Å². The monoisotopic (exact) mass is 366 g/mol. The second-order valence-corrected chi connectivity index (χ2v) is 6.75. The maximum absolute atomic E-state index is 12.4. The second kappa shape index (κ2) is 6.18. The zero-order valence-corrected chi connectivity index (χ0v) is 13.8. The van der Waals surface area contributed by atoms with E-state index < -0.39 is 12.8 Å². The molecule has 0 saturated carbocycles. The molecule has 1 aliphatic rings. The average molecular weight is 366 g/mol. The van der Waals surface area contributed by atoms with Gasteiger partial charge in [0.1, 0.15) is 11.2 Å². The molecule has 0 fully saturated rings. The maximum atomic E-state index is 12.4. The number of fused-ring (bicyclic) bond motifs is 3. The number of benzene rings is 1. The molecule has 1 aliphatic carbocycles. The van der Waals surface area contributed by atoms with Crippen LogP contribution in [0.1, 0.15) is 16.9 Å². The molecule has 0 radical (unpaired) electrons. The van der Waals surface area contributed by atoms with Gasteiger partial charge in [0, 0.05) is 4.88 Å². The number of hydrogen-bond donors (Lipinski definition) is 0. The summed E-state index contributed by atoms with van der Waals surface area (Å²) in [6.07, 6.45) is 0.0229. The lowest BCUT2D eigenvalue weighted by Crippen LogP contribution is -2.19. The van der Waals surface area contributed by atoms with E-state index in [1.807, 2.05) is 0 Å². The minimum absolute atomic E-state index is 0.0264. The van der Waals surface area contributed by atoms with Crippen LogP contribution < -0.4 is 9.47 Å². The molecule has 0 aliphatic heterocycles. The van der Waals surface area contributed by atoms with Crippen molar-refractivity contribution in [2.45, 2.75) is 25.4 Å². The van der Waals surface area contributed by atoms with E-state index in [1.54, 1.807) is 29.5 Å². The lowest BCUT2D eigenvalue weighted by Gasteiger charge is -2.13. The van der Waals surface area contributed by atoms with Crippen molar-refractivity contribution in [2.75, 3.05) is 6.61 Å². The zero-order valence-electron chi connectivity index (χ0n) is 13.0. The number of rotatable bonds is 4. The van der Waals surface area contributed by atoms with Crippen LogP contribution in [0.5, 0.6) is 17.4 Å². The molecule has 2 heterocycles. The standard InChI is InChI=1S/C17H13F3N2O2S/c18-17(19,20)8-23-11-5-1-2-6-12(11)24-15-14-10-4-3-7-13(10)25-16(14)22-9-21-15/h1-2,5-6,9H,3-4,7-8H2. The summed E-state index contributed by atoms with van der Waals surface area (Å²) in [6, 6.07) is 6.27. The zero-order chi connectivity index (χ0) is 17.4. The van der Waals surface area contributed by atoms with Gasteiger partial charge in [-0.3, -0.25) is 0 Å². The van der Waals surface area contributed by atoms with Crippen LogP contribution in [0.3, 0.4) is 0 Å². The average Bonchev–Trinajstić information content (AvgIpc) is 3.14. The third kappa shape index (κ3) is 3.26. The topological polar surface area (TPSA) is 44.2 Å². The van der Waals surface area contributed by atoms with Crippen LogP contribution in [0.2, 0.25) is 0 Å². The molecule has 4 nitrogen and oxygen atoms in total. The van der Waals surface area contributed by atoms with Crippen LogP contribution in [0.25, 0.3) is 10.2 Å². The molecule has 0 spiro atoms. The molecule has 0 N–H and O–H groups in total. The molecular weight excluding hydrogens is 353 g/mol. The summed E-state index contributed by atoms with van der Waals surface area (Å²) in [6.45, 7) is -1.37. The first-order valence-electron chi connectivity index (χ1n) is 7.73. The van der Waals surface area contributed by atoms with Crippen LogP contribution in [-0.2, 0) is 12.8 Å². The molecule has 8 heteroatoms. The molecule has 0 saturated heterocycles. The van der Waals surface area contributed by atoms with E-state index in [4.69, 9.17) is 9.47 Å². The first-order valence-corrected chi connectivity index (χ1v) is 8.54. The number of nitrogens with zero attached hydrogens (tertiary/aromatic N) is 2. The highest BCUT2D eigenvalue weighted by molar-refractivity contribution is 7.18. The minimum Gasteiger partial charge on any atom is -0.480 e. The van der Waals surface area contributed by atoms with Crippen molar-refractivity contribution in [3.63, 3.8) is 0 Å². The normalized spacial score (nSPS) is 13.9. The number of aryl methyl sites for hydroxylation is 2. The van der Waals surface area contributed by atoms with Crippen molar-refractivity contribution < 1.29 is 22.6 Å². The molecule has 3 aromatic rings. The van der Waals surface area contributed by atoms with Gasteiger partial charge in [-0.1, -0.05) is 12.1 Å². The molecule has 1 aromatic carbocycles. The fraction of sp³-hybridized carbons (Fsp3) is 0.294. The summed E-state index contributed by atoms with van der Waals surface area (Å²) in [4.78, 5) is 10.6. The van der Waals surface area contributed by atoms with Gasteiger partial charge in [-0.2, -0.15) is 13.2 Å². The number of hydrogen-bond acceptors (Lipinski definition) is 5. The Balaban J connectivity index is 1.68. The van der Waals surface area contributed by atoms with Gasteiger partial charge in [0.15, 0.2) is 18.1 Å². The van der Waals surface area contributed by atoms with Crippen LogP contribution in [0.4, 0.5) is 13.2 Å². The van der Waals surface area contributed by atoms with E-state index in [-0.39, 0.29) is 11.5 Å². The minimum atomic E-state index is -4.41. The first kappa shape index (κ1) is 16.1. The van der Waals surface area contributed by atoms with Crippen molar-refractivity contribution in [1.82, 2.24) is 9.97 Å². The molecule has 2 aromatic heterocycles. The number of thiophene rings is 1. The SMILES string of the molecule is FC(F)(F)COc1ccccc1Oc1ncnc2sc3c(c12)CCC3. The lowest BCUT2D eigenvalue weighted by atomic mass is 10.2. The van der Waals surface area contributed by atoms with Gasteiger partial charge < -0.3 is 9.47 Å². The summed E-state index contributed by atoms with van der Waals surface area (Å²) in [5.41, 5.74) is 1.18. The van der Waals surface area contributed by atoms with Gasteiger partial charge in [-0.15, -0.1) is 11.3 Å². The predicted octanol–water partition coefficient (Wildman–Crippen LogP) is 4.91. The van der Waals surface area contributed by atoms with Gasteiger partial charge in [-0.25, -0.2) is 9.97 Å². The van der Waals surface area contributed by atoms with Gasteiger partial charge in [-0.05, 0) is 37.0 Å². The smallest absolute Gasteiger partial charge is 0.422 e. The summed E-state index contributed by atoms with van der Waals surface area (Å²) in [5.74, 6) is 0.579. The fourth-order valence-corrected chi connectivity index (χ4v) is 4.11.